The maximum absolute atomic E-state index is 13.4. The first-order chi connectivity index (χ1) is 12.5. The van der Waals surface area contributed by atoms with Gasteiger partial charge in [-0.15, -0.1) is 0 Å². The van der Waals surface area contributed by atoms with Gasteiger partial charge in [-0.2, -0.15) is 0 Å². The smallest absolute Gasteiger partial charge is 0.194 e. The number of carbonyl (C=O) groups excluding carboxylic acids is 1. The number of ketones is 1. The van der Waals surface area contributed by atoms with Gasteiger partial charge in [0.1, 0.15) is 0 Å². The third-order valence-electron chi connectivity index (χ3n) is 5.46. The Bertz CT molecular complexity index is 968. The first kappa shape index (κ1) is 16.7. The number of hydrogen-bond acceptors (Lipinski definition) is 2. The van der Waals surface area contributed by atoms with E-state index in [1.165, 1.54) is 11.1 Å². The Morgan fingerprint density at radius 3 is 1.54 bits per heavy atom. The van der Waals surface area contributed by atoms with Gasteiger partial charge < -0.3 is 0 Å². The molecule has 0 aliphatic heterocycles. The third kappa shape index (κ3) is 2.48. The van der Waals surface area contributed by atoms with E-state index in [2.05, 4.69) is 44.2 Å². The van der Waals surface area contributed by atoms with Gasteiger partial charge in [-0.25, -0.2) is 0 Å². The number of benzene rings is 2. The molecule has 2 nitrogen and oxygen atoms in total. The minimum absolute atomic E-state index is 0.103. The summed E-state index contributed by atoms with van der Waals surface area (Å²) in [4.78, 5) is 18.3. The molecule has 0 fully saturated rings. The van der Waals surface area contributed by atoms with Crippen LogP contribution in [0.3, 0.4) is 0 Å². The number of aryl methyl sites for hydroxylation is 4. The van der Waals surface area contributed by atoms with Gasteiger partial charge in [-0.05, 0) is 55.0 Å². The zero-order chi connectivity index (χ0) is 18.4. The Morgan fingerprint density at radius 1 is 0.654 bits per heavy atom. The second-order valence-electron chi connectivity index (χ2n) is 7.05. The highest BCUT2D eigenvalue weighted by Gasteiger charge is 2.25. The van der Waals surface area contributed by atoms with Crippen molar-refractivity contribution in [3.05, 3.63) is 76.1 Å². The van der Waals surface area contributed by atoms with Gasteiger partial charge in [-0.1, -0.05) is 50.2 Å². The fourth-order valence-electron chi connectivity index (χ4n) is 3.88. The molecule has 0 unspecified atom stereocenters. The minimum Gasteiger partial charge on any atom is -0.289 e. The number of rotatable bonds is 2. The summed E-state index contributed by atoms with van der Waals surface area (Å²) in [5, 5.41) is 0. The maximum Gasteiger partial charge on any atom is 0.194 e. The monoisotopic (exact) mass is 341 g/mol. The predicted octanol–water partition coefficient (Wildman–Crippen LogP) is 5.70. The van der Waals surface area contributed by atoms with Crippen LogP contribution in [-0.4, -0.2) is 10.8 Å². The summed E-state index contributed by atoms with van der Waals surface area (Å²) >= 11 is 0. The zero-order valence-corrected chi connectivity index (χ0v) is 15.8. The van der Waals surface area contributed by atoms with E-state index in [-0.39, 0.29) is 5.78 Å². The van der Waals surface area contributed by atoms with Crippen LogP contribution in [0.4, 0.5) is 0 Å². The molecule has 1 aromatic heterocycles. The first-order valence-corrected chi connectivity index (χ1v) is 9.33. The van der Waals surface area contributed by atoms with Gasteiger partial charge >= 0.3 is 0 Å². The van der Waals surface area contributed by atoms with Crippen molar-refractivity contribution in [2.75, 3.05) is 0 Å². The van der Waals surface area contributed by atoms with Crippen LogP contribution in [0.5, 0.6) is 0 Å². The van der Waals surface area contributed by atoms with Gasteiger partial charge in [0.2, 0.25) is 0 Å². The molecule has 2 heteroatoms. The number of aromatic nitrogens is 1. The van der Waals surface area contributed by atoms with E-state index in [0.29, 0.717) is 0 Å². The lowest BCUT2D eigenvalue weighted by Gasteiger charge is -2.21. The largest absolute Gasteiger partial charge is 0.289 e. The van der Waals surface area contributed by atoms with Gasteiger partial charge in [0.05, 0.1) is 0 Å². The van der Waals surface area contributed by atoms with Gasteiger partial charge in [0, 0.05) is 33.6 Å². The molecule has 130 valence electrons. The van der Waals surface area contributed by atoms with Gasteiger partial charge in [-0.3, -0.25) is 9.78 Å². The molecule has 0 spiro atoms. The van der Waals surface area contributed by atoms with E-state index in [1.807, 2.05) is 26.0 Å². The second-order valence-corrected chi connectivity index (χ2v) is 7.05. The van der Waals surface area contributed by atoms with Crippen molar-refractivity contribution in [2.45, 2.75) is 40.5 Å². The van der Waals surface area contributed by atoms with Crippen LogP contribution < -0.4 is 0 Å². The summed E-state index contributed by atoms with van der Waals surface area (Å²) in [6.07, 6.45) is 1.90. The molecule has 0 saturated carbocycles. The lowest BCUT2D eigenvalue weighted by Crippen LogP contribution is -2.11. The van der Waals surface area contributed by atoms with E-state index in [1.54, 1.807) is 0 Å². The standard InChI is InChI=1S/C24H23NO/c1-5-16-7-9-18-22(11-16)20-13-21(15(4)25-14(20)3)23-12-17(6-2)8-10-19(23)24(18)26/h7-13H,5-6H2,1-4H3. The molecule has 0 radical (unpaired) electrons. The Balaban J connectivity index is 2.13. The van der Waals surface area contributed by atoms with E-state index >= 15 is 0 Å². The van der Waals surface area contributed by atoms with Crippen LogP contribution in [0.2, 0.25) is 0 Å². The second kappa shape index (κ2) is 6.21. The van der Waals surface area contributed by atoms with Crippen LogP contribution in [0.1, 0.15) is 52.3 Å². The van der Waals surface area contributed by atoms with E-state index in [0.717, 1.165) is 57.6 Å². The Kier molecular flexibility index (Phi) is 3.99. The predicted molar refractivity (Wildman–Crippen MR) is 107 cm³/mol. The molecule has 26 heavy (non-hydrogen) atoms. The topological polar surface area (TPSA) is 30.0 Å². The van der Waals surface area contributed by atoms with E-state index in [9.17, 15) is 4.79 Å². The highest BCUT2D eigenvalue weighted by Crippen LogP contribution is 2.39. The Morgan fingerprint density at radius 2 is 1.12 bits per heavy atom. The normalized spacial score (nSPS) is 12.2. The zero-order valence-electron chi connectivity index (χ0n) is 15.8. The van der Waals surface area contributed by atoms with E-state index in [4.69, 9.17) is 4.98 Å². The third-order valence-corrected chi connectivity index (χ3v) is 5.46. The molecule has 1 aliphatic rings. The molecule has 2 aromatic carbocycles. The number of pyridine rings is 1. The van der Waals surface area contributed by atoms with Crippen LogP contribution >= 0.6 is 0 Å². The van der Waals surface area contributed by atoms with Crippen LogP contribution in [-0.2, 0) is 12.8 Å². The average molecular weight is 341 g/mol. The van der Waals surface area contributed by atoms with Crippen molar-refractivity contribution in [2.24, 2.45) is 0 Å². The molecule has 0 N–H and O–H groups in total. The van der Waals surface area contributed by atoms with Crippen molar-refractivity contribution in [3.63, 3.8) is 0 Å². The van der Waals surface area contributed by atoms with Gasteiger partial charge in [0.15, 0.2) is 5.78 Å². The quantitative estimate of drug-likeness (QED) is 0.468. The summed E-state index contributed by atoms with van der Waals surface area (Å²) < 4.78 is 0. The lowest BCUT2D eigenvalue weighted by atomic mass is 9.83. The van der Waals surface area contributed by atoms with E-state index < -0.39 is 0 Å². The SMILES string of the molecule is CCc1ccc2c(c1)-c1cc(c(C)nc1C)-c1cc(CC)ccc1C2=O. The summed E-state index contributed by atoms with van der Waals surface area (Å²) in [5.41, 5.74) is 10.1. The molecule has 1 aliphatic carbocycles. The highest BCUT2D eigenvalue weighted by molar-refractivity contribution is 6.17. The molecule has 2 bridgehead atoms. The summed E-state index contributed by atoms with van der Waals surface area (Å²) in [6, 6.07) is 14.6. The number of nitrogens with zero attached hydrogens (tertiary/aromatic N) is 1. The van der Waals surface area contributed by atoms with Crippen molar-refractivity contribution in [1.82, 2.24) is 4.98 Å². The van der Waals surface area contributed by atoms with Crippen molar-refractivity contribution in [1.29, 1.82) is 0 Å². The van der Waals surface area contributed by atoms with Crippen LogP contribution in [0.15, 0.2) is 42.5 Å². The molecule has 3 aromatic rings. The van der Waals surface area contributed by atoms with Crippen molar-refractivity contribution < 1.29 is 4.79 Å². The summed E-state index contributed by atoms with van der Waals surface area (Å²) in [6.45, 7) is 8.34. The number of carbonyl (C=O) groups is 1. The minimum atomic E-state index is 0.103. The maximum atomic E-state index is 13.4. The summed E-state index contributed by atoms with van der Waals surface area (Å²) in [7, 11) is 0. The molecule has 0 atom stereocenters. The van der Waals surface area contributed by atoms with Crippen LogP contribution in [0.25, 0.3) is 22.3 Å². The fourth-order valence-corrected chi connectivity index (χ4v) is 3.88. The Hall–Kier alpha value is -2.74. The number of hydrogen-bond donors (Lipinski definition) is 0. The molecule has 0 saturated heterocycles. The molecular weight excluding hydrogens is 318 g/mol. The lowest BCUT2D eigenvalue weighted by molar-refractivity contribution is 0.104. The first-order valence-electron chi connectivity index (χ1n) is 9.33. The molecule has 4 rings (SSSR count). The van der Waals surface area contributed by atoms with Crippen molar-refractivity contribution in [3.8, 4) is 22.3 Å². The van der Waals surface area contributed by atoms with Crippen LogP contribution in [0, 0.1) is 13.8 Å². The average Bonchev–Trinajstić information content (AvgIpc) is 2.65. The molecule has 1 heterocycles. The fraction of sp³-hybridized carbons (Fsp3) is 0.250. The van der Waals surface area contributed by atoms with Gasteiger partial charge in [0.25, 0.3) is 0 Å². The Labute approximate surface area is 154 Å². The summed E-state index contributed by atoms with van der Waals surface area (Å²) in [5.74, 6) is 0.103. The highest BCUT2D eigenvalue weighted by atomic mass is 16.1. The van der Waals surface area contributed by atoms with Crippen molar-refractivity contribution >= 4 is 5.78 Å². The molecular formula is C24H23NO. The number of fused-ring (bicyclic) bond motifs is 6. The molecule has 0 amide bonds.